The number of rotatable bonds is 3. The zero-order valence-electron chi connectivity index (χ0n) is 19.9. The number of benzene rings is 2. The molecule has 0 spiro atoms. The molecule has 1 fully saturated rings. The van der Waals surface area contributed by atoms with E-state index in [1.807, 2.05) is 67.8 Å². The molecular formula is C28H33N3O2. The van der Waals surface area contributed by atoms with E-state index in [1.165, 1.54) is 12.8 Å². The smallest absolute Gasteiger partial charge is 0.275 e. The molecule has 2 heterocycles. The fourth-order valence-corrected chi connectivity index (χ4v) is 5.70. The number of hydrogen-bond acceptors (Lipinski definition) is 2. The van der Waals surface area contributed by atoms with Crippen molar-refractivity contribution in [2.24, 2.45) is 0 Å². The number of anilines is 1. The number of fused-ring (bicyclic) bond motifs is 3. The molecular weight excluding hydrogens is 410 g/mol. The van der Waals surface area contributed by atoms with Crippen LogP contribution in [0.25, 0.3) is 10.9 Å². The van der Waals surface area contributed by atoms with Gasteiger partial charge < -0.3 is 9.88 Å². The second-order valence-corrected chi connectivity index (χ2v) is 10.1. The standard InChI is InChI=1S/C28H33N3O2/c1-19-14-20(2)16-23(15-19)31-26(32)25-17-21-10-8-9-13-24(21)30(25)18-28(31,3)27(33)29-22-11-6-4-5-7-12-22/h8-10,13-17,22H,4-7,11-12,18H2,1-3H3,(H,29,33). The molecule has 3 aromatic rings. The summed E-state index contributed by atoms with van der Waals surface area (Å²) in [5.74, 6) is -0.189. The Balaban J connectivity index is 1.61. The van der Waals surface area contributed by atoms with Gasteiger partial charge in [-0.05, 0) is 69.0 Å². The highest BCUT2D eigenvalue weighted by Crippen LogP contribution is 2.37. The lowest BCUT2D eigenvalue weighted by Crippen LogP contribution is -2.65. The summed E-state index contributed by atoms with van der Waals surface area (Å²) in [5, 5.41) is 4.37. The number of aromatic nitrogens is 1. The first-order valence-electron chi connectivity index (χ1n) is 12.2. The molecule has 1 aliphatic carbocycles. The normalized spacial score (nSPS) is 21.7. The van der Waals surface area contributed by atoms with Crippen LogP contribution in [0.2, 0.25) is 0 Å². The lowest BCUT2D eigenvalue weighted by atomic mass is 9.92. The number of hydrogen-bond donors (Lipinski definition) is 1. The van der Waals surface area contributed by atoms with Gasteiger partial charge >= 0.3 is 0 Å². The zero-order valence-corrected chi connectivity index (χ0v) is 19.9. The van der Waals surface area contributed by atoms with E-state index in [2.05, 4.69) is 11.4 Å². The van der Waals surface area contributed by atoms with Crippen LogP contribution in [0.1, 0.15) is 67.1 Å². The van der Waals surface area contributed by atoms with Gasteiger partial charge in [-0.25, -0.2) is 0 Å². The predicted molar refractivity (Wildman–Crippen MR) is 133 cm³/mol. The van der Waals surface area contributed by atoms with Crippen LogP contribution >= 0.6 is 0 Å². The fraction of sp³-hybridized carbons (Fsp3) is 0.429. The topological polar surface area (TPSA) is 54.3 Å². The van der Waals surface area contributed by atoms with Crippen molar-refractivity contribution in [3.63, 3.8) is 0 Å². The Morgan fingerprint density at radius 3 is 2.33 bits per heavy atom. The summed E-state index contributed by atoms with van der Waals surface area (Å²) in [7, 11) is 0. The summed E-state index contributed by atoms with van der Waals surface area (Å²) in [6.07, 6.45) is 6.78. The number of amides is 2. The van der Waals surface area contributed by atoms with Gasteiger partial charge in [0.05, 0.1) is 6.54 Å². The van der Waals surface area contributed by atoms with Crippen LogP contribution in [0.3, 0.4) is 0 Å². The van der Waals surface area contributed by atoms with E-state index in [0.29, 0.717) is 12.2 Å². The lowest BCUT2D eigenvalue weighted by Gasteiger charge is -2.44. The van der Waals surface area contributed by atoms with Crippen molar-refractivity contribution in [1.82, 2.24) is 9.88 Å². The zero-order chi connectivity index (χ0) is 23.2. The van der Waals surface area contributed by atoms with Crippen molar-refractivity contribution < 1.29 is 9.59 Å². The summed E-state index contributed by atoms with van der Waals surface area (Å²) in [4.78, 5) is 29.7. The second kappa shape index (κ2) is 8.36. The Labute approximate surface area is 195 Å². The highest BCUT2D eigenvalue weighted by atomic mass is 16.2. The van der Waals surface area contributed by atoms with Crippen molar-refractivity contribution in [3.8, 4) is 0 Å². The molecule has 0 bridgehead atoms. The van der Waals surface area contributed by atoms with Gasteiger partial charge in [0.25, 0.3) is 5.91 Å². The van der Waals surface area contributed by atoms with E-state index in [9.17, 15) is 9.59 Å². The maximum atomic E-state index is 14.0. The molecule has 33 heavy (non-hydrogen) atoms. The summed E-state index contributed by atoms with van der Waals surface area (Å²) in [6.45, 7) is 6.41. The predicted octanol–water partition coefficient (Wildman–Crippen LogP) is 5.52. The van der Waals surface area contributed by atoms with Gasteiger partial charge in [-0.1, -0.05) is 49.9 Å². The third kappa shape index (κ3) is 3.84. The maximum absolute atomic E-state index is 14.0. The Morgan fingerprint density at radius 2 is 1.64 bits per heavy atom. The van der Waals surface area contributed by atoms with Crippen LogP contribution in [0, 0.1) is 13.8 Å². The van der Waals surface area contributed by atoms with Gasteiger partial charge in [-0.2, -0.15) is 0 Å². The molecule has 1 saturated carbocycles. The van der Waals surface area contributed by atoms with E-state index in [0.717, 1.165) is 53.4 Å². The SMILES string of the molecule is Cc1cc(C)cc(N2C(=O)c3cc4ccccc4n3CC2(C)C(=O)NC2CCCCCC2)c1. The van der Waals surface area contributed by atoms with Crippen LogP contribution in [-0.4, -0.2) is 28.0 Å². The molecule has 1 aromatic heterocycles. The van der Waals surface area contributed by atoms with E-state index >= 15 is 0 Å². The molecule has 0 radical (unpaired) electrons. The van der Waals surface area contributed by atoms with Crippen LogP contribution in [0.5, 0.6) is 0 Å². The first kappa shape index (κ1) is 21.7. The van der Waals surface area contributed by atoms with Crippen molar-refractivity contribution in [1.29, 1.82) is 0 Å². The Kier molecular flexibility index (Phi) is 5.51. The van der Waals surface area contributed by atoms with Crippen LogP contribution in [0.15, 0.2) is 48.5 Å². The summed E-state index contributed by atoms with van der Waals surface area (Å²) >= 11 is 0. The number of aryl methyl sites for hydroxylation is 2. The largest absolute Gasteiger partial charge is 0.351 e. The molecule has 1 N–H and O–H groups in total. The minimum atomic E-state index is -1.03. The van der Waals surface area contributed by atoms with Crippen LogP contribution in [0.4, 0.5) is 5.69 Å². The average molecular weight is 444 g/mol. The summed E-state index contributed by atoms with van der Waals surface area (Å²) in [5.41, 5.74) is 3.54. The van der Waals surface area contributed by atoms with Crippen molar-refractivity contribution in [2.45, 2.75) is 77.4 Å². The van der Waals surface area contributed by atoms with E-state index < -0.39 is 5.54 Å². The molecule has 172 valence electrons. The molecule has 0 saturated heterocycles. The van der Waals surface area contributed by atoms with Crippen LogP contribution < -0.4 is 10.2 Å². The number of carbonyl (C=O) groups is 2. The molecule has 5 rings (SSSR count). The monoisotopic (exact) mass is 443 g/mol. The minimum absolute atomic E-state index is 0.0645. The number of nitrogens with one attached hydrogen (secondary N) is 1. The van der Waals surface area contributed by atoms with E-state index in [4.69, 9.17) is 0 Å². The first-order valence-corrected chi connectivity index (χ1v) is 12.2. The van der Waals surface area contributed by atoms with E-state index in [-0.39, 0.29) is 17.9 Å². The molecule has 1 aliphatic heterocycles. The second-order valence-electron chi connectivity index (χ2n) is 10.1. The first-order chi connectivity index (χ1) is 15.9. The molecule has 5 heteroatoms. The molecule has 5 nitrogen and oxygen atoms in total. The highest BCUT2D eigenvalue weighted by Gasteiger charge is 2.49. The van der Waals surface area contributed by atoms with E-state index in [1.54, 1.807) is 4.90 Å². The maximum Gasteiger partial charge on any atom is 0.275 e. The fourth-order valence-electron chi connectivity index (χ4n) is 5.70. The quantitative estimate of drug-likeness (QED) is 0.542. The summed E-state index contributed by atoms with van der Waals surface area (Å²) < 4.78 is 2.03. The lowest BCUT2D eigenvalue weighted by molar-refractivity contribution is -0.127. The van der Waals surface area contributed by atoms with Gasteiger partial charge in [0, 0.05) is 22.6 Å². The highest BCUT2D eigenvalue weighted by molar-refractivity contribution is 6.14. The van der Waals surface area contributed by atoms with Gasteiger partial charge in [-0.15, -0.1) is 0 Å². The molecule has 2 aromatic carbocycles. The number of nitrogens with zero attached hydrogens (tertiary/aromatic N) is 2. The number of carbonyl (C=O) groups excluding carboxylic acids is 2. The van der Waals surface area contributed by atoms with Gasteiger partial charge in [0.15, 0.2) is 0 Å². The van der Waals surface area contributed by atoms with Crippen molar-refractivity contribution >= 4 is 28.4 Å². The third-order valence-corrected chi connectivity index (χ3v) is 7.34. The van der Waals surface area contributed by atoms with Crippen molar-refractivity contribution in [2.75, 3.05) is 4.90 Å². The molecule has 1 unspecified atom stereocenters. The molecule has 2 amide bonds. The van der Waals surface area contributed by atoms with Crippen LogP contribution in [-0.2, 0) is 11.3 Å². The van der Waals surface area contributed by atoms with Gasteiger partial charge in [0.1, 0.15) is 11.2 Å². The number of para-hydroxylation sites is 1. The van der Waals surface area contributed by atoms with Gasteiger partial charge in [-0.3, -0.25) is 14.5 Å². The Hall–Kier alpha value is -3.08. The third-order valence-electron chi connectivity index (χ3n) is 7.34. The summed E-state index contributed by atoms with van der Waals surface area (Å²) in [6, 6.07) is 16.3. The Morgan fingerprint density at radius 1 is 0.970 bits per heavy atom. The van der Waals surface area contributed by atoms with Crippen molar-refractivity contribution in [3.05, 3.63) is 65.4 Å². The minimum Gasteiger partial charge on any atom is -0.351 e. The Bertz CT molecular complexity index is 1200. The molecule has 1 atom stereocenters. The van der Waals surface area contributed by atoms with Gasteiger partial charge in [0.2, 0.25) is 5.91 Å². The molecule has 2 aliphatic rings. The average Bonchev–Trinajstić information content (AvgIpc) is 2.94.